The van der Waals surface area contributed by atoms with Crippen molar-refractivity contribution in [3.8, 4) is 0 Å². The van der Waals surface area contributed by atoms with Gasteiger partial charge in [-0.1, -0.05) is 22.3 Å². The van der Waals surface area contributed by atoms with Crippen molar-refractivity contribution in [1.82, 2.24) is 0 Å². The molecule has 0 amide bonds. The third kappa shape index (κ3) is 5.68. The number of rotatable bonds is 4. The van der Waals surface area contributed by atoms with Gasteiger partial charge in [-0.3, -0.25) is 0 Å². The van der Waals surface area contributed by atoms with Crippen LogP contribution in [-0.4, -0.2) is 0 Å². The number of hydrogen-bond acceptors (Lipinski definition) is 0. The second kappa shape index (κ2) is 6.01. The summed E-state index contributed by atoms with van der Waals surface area (Å²) in [7, 11) is 0. The van der Waals surface area contributed by atoms with Gasteiger partial charge < -0.3 is 0 Å². The Morgan fingerprint density at radius 1 is 0.615 bits per heavy atom. The second-order valence-electron chi connectivity index (χ2n) is 4.41. The molecule has 0 rings (SSSR count). The minimum absolute atomic E-state index is 1.26. The Morgan fingerprint density at radius 3 is 1.15 bits per heavy atom. The summed E-state index contributed by atoms with van der Waals surface area (Å²) in [6.07, 6.45) is 3.81. The molecule has 0 aliphatic heterocycles. The van der Waals surface area contributed by atoms with Crippen LogP contribution in [0.5, 0.6) is 0 Å². The van der Waals surface area contributed by atoms with Crippen LogP contribution >= 0.6 is 0 Å². The SMILES string of the molecule is CC(C)=C(C)CCCC(C)=C(C)C. The van der Waals surface area contributed by atoms with Gasteiger partial charge in [0, 0.05) is 0 Å². The molecule has 0 aromatic carbocycles. The van der Waals surface area contributed by atoms with Crippen LogP contribution in [0.15, 0.2) is 22.3 Å². The predicted molar refractivity (Wildman–Crippen MR) is 61.9 cm³/mol. The van der Waals surface area contributed by atoms with Crippen molar-refractivity contribution in [2.24, 2.45) is 0 Å². The molecule has 0 nitrogen and oxygen atoms in total. The smallest absolute Gasteiger partial charge is 0.0318 e. The van der Waals surface area contributed by atoms with Crippen molar-refractivity contribution in [1.29, 1.82) is 0 Å². The molecule has 0 radical (unpaired) electrons. The summed E-state index contributed by atoms with van der Waals surface area (Å²) >= 11 is 0. The van der Waals surface area contributed by atoms with Gasteiger partial charge in [0.1, 0.15) is 0 Å². The van der Waals surface area contributed by atoms with E-state index in [-0.39, 0.29) is 0 Å². The van der Waals surface area contributed by atoms with E-state index in [2.05, 4.69) is 41.5 Å². The molecule has 0 N–H and O–H groups in total. The normalized spacial score (nSPS) is 9.69. The lowest BCUT2D eigenvalue weighted by atomic mass is 10.0. The van der Waals surface area contributed by atoms with Gasteiger partial charge in [0.15, 0.2) is 0 Å². The average molecular weight is 180 g/mol. The highest BCUT2D eigenvalue weighted by Crippen LogP contribution is 2.16. The Labute approximate surface area is 83.7 Å². The van der Waals surface area contributed by atoms with Crippen molar-refractivity contribution >= 4 is 0 Å². The maximum absolute atomic E-state index is 2.24. The summed E-state index contributed by atoms with van der Waals surface area (Å²) in [5.41, 5.74) is 6.08. The van der Waals surface area contributed by atoms with E-state index in [4.69, 9.17) is 0 Å². The minimum atomic E-state index is 1.26. The first kappa shape index (κ1) is 12.5. The molecule has 0 aromatic rings. The third-order valence-electron chi connectivity index (χ3n) is 2.81. The Morgan fingerprint density at radius 2 is 0.923 bits per heavy atom. The zero-order valence-corrected chi connectivity index (χ0v) is 10.1. The van der Waals surface area contributed by atoms with Crippen molar-refractivity contribution < 1.29 is 0 Å². The van der Waals surface area contributed by atoms with Crippen LogP contribution in [0.1, 0.15) is 60.8 Å². The highest BCUT2D eigenvalue weighted by atomic mass is 14.0. The van der Waals surface area contributed by atoms with Gasteiger partial charge in [-0.15, -0.1) is 0 Å². The van der Waals surface area contributed by atoms with E-state index < -0.39 is 0 Å². The molecule has 0 aromatic heterocycles. The van der Waals surface area contributed by atoms with Gasteiger partial charge >= 0.3 is 0 Å². The van der Waals surface area contributed by atoms with Crippen LogP contribution in [0.4, 0.5) is 0 Å². The van der Waals surface area contributed by atoms with Crippen molar-refractivity contribution in [2.75, 3.05) is 0 Å². The largest absolute Gasteiger partial charge is 0.0775 e. The molecule has 0 aliphatic rings. The summed E-state index contributed by atoms with van der Waals surface area (Å²) in [6.45, 7) is 13.3. The van der Waals surface area contributed by atoms with E-state index in [9.17, 15) is 0 Å². The molecule has 13 heavy (non-hydrogen) atoms. The summed E-state index contributed by atoms with van der Waals surface area (Å²) in [6, 6.07) is 0. The standard InChI is InChI=1S/C13H24/c1-10(2)12(5)8-7-9-13(6)11(3)4/h7-9H2,1-6H3. The zero-order valence-electron chi connectivity index (χ0n) is 10.1. The van der Waals surface area contributed by atoms with Crippen molar-refractivity contribution in [2.45, 2.75) is 60.8 Å². The third-order valence-corrected chi connectivity index (χ3v) is 2.81. The fourth-order valence-electron chi connectivity index (χ4n) is 1.12. The van der Waals surface area contributed by atoms with E-state index in [1.165, 1.54) is 30.4 Å². The van der Waals surface area contributed by atoms with Crippen molar-refractivity contribution in [3.05, 3.63) is 22.3 Å². The average Bonchev–Trinajstić information content (AvgIpc) is 2.03. The summed E-state index contributed by atoms with van der Waals surface area (Å²) in [4.78, 5) is 0. The molecular formula is C13H24. The molecule has 0 heterocycles. The van der Waals surface area contributed by atoms with E-state index in [0.29, 0.717) is 0 Å². The molecule has 0 aliphatic carbocycles. The van der Waals surface area contributed by atoms with Gasteiger partial charge in [-0.05, 0) is 60.8 Å². The van der Waals surface area contributed by atoms with Gasteiger partial charge in [0.25, 0.3) is 0 Å². The lowest BCUT2D eigenvalue weighted by Gasteiger charge is -2.05. The van der Waals surface area contributed by atoms with Gasteiger partial charge in [0.2, 0.25) is 0 Å². The molecule has 76 valence electrons. The maximum Gasteiger partial charge on any atom is -0.0318 e. The zero-order chi connectivity index (χ0) is 10.4. The summed E-state index contributed by atoms with van der Waals surface area (Å²) in [5, 5.41) is 0. The highest BCUT2D eigenvalue weighted by Gasteiger charge is 1.95. The first-order valence-corrected chi connectivity index (χ1v) is 5.21. The fraction of sp³-hybridized carbons (Fsp3) is 0.692. The fourth-order valence-corrected chi connectivity index (χ4v) is 1.12. The Hall–Kier alpha value is -0.520. The Bertz CT molecular complexity index is 184. The summed E-state index contributed by atoms with van der Waals surface area (Å²) < 4.78 is 0. The highest BCUT2D eigenvalue weighted by molar-refractivity contribution is 5.09. The first-order valence-electron chi connectivity index (χ1n) is 5.21. The first-order chi connectivity index (χ1) is 5.95. The molecule has 0 atom stereocenters. The molecule has 0 spiro atoms. The topological polar surface area (TPSA) is 0 Å². The molecule has 0 heteroatoms. The molecule has 0 saturated heterocycles. The van der Waals surface area contributed by atoms with E-state index in [1.807, 2.05) is 0 Å². The van der Waals surface area contributed by atoms with E-state index in [1.54, 1.807) is 11.1 Å². The van der Waals surface area contributed by atoms with Crippen LogP contribution in [0.2, 0.25) is 0 Å². The van der Waals surface area contributed by atoms with Crippen LogP contribution in [0, 0.1) is 0 Å². The number of hydrogen-bond donors (Lipinski definition) is 0. The Balaban J connectivity index is 3.83. The summed E-state index contributed by atoms with van der Waals surface area (Å²) in [5.74, 6) is 0. The molecule has 0 saturated carbocycles. The molecular weight excluding hydrogens is 156 g/mol. The second-order valence-corrected chi connectivity index (χ2v) is 4.41. The lowest BCUT2D eigenvalue weighted by molar-refractivity contribution is 0.789. The van der Waals surface area contributed by atoms with E-state index >= 15 is 0 Å². The molecule has 0 bridgehead atoms. The minimum Gasteiger partial charge on any atom is -0.0775 e. The Kier molecular flexibility index (Phi) is 5.77. The van der Waals surface area contributed by atoms with Crippen LogP contribution in [0.25, 0.3) is 0 Å². The van der Waals surface area contributed by atoms with Crippen molar-refractivity contribution in [3.63, 3.8) is 0 Å². The maximum atomic E-state index is 2.24. The van der Waals surface area contributed by atoms with Gasteiger partial charge in [0.05, 0.1) is 0 Å². The molecule has 0 fully saturated rings. The van der Waals surface area contributed by atoms with Crippen LogP contribution < -0.4 is 0 Å². The van der Waals surface area contributed by atoms with Crippen LogP contribution in [0.3, 0.4) is 0 Å². The number of allylic oxidation sites excluding steroid dienone is 4. The van der Waals surface area contributed by atoms with Crippen LogP contribution in [-0.2, 0) is 0 Å². The van der Waals surface area contributed by atoms with Gasteiger partial charge in [-0.2, -0.15) is 0 Å². The quantitative estimate of drug-likeness (QED) is 0.541. The lowest BCUT2D eigenvalue weighted by Crippen LogP contribution is -1.85. The predicted octanol–water partition coefficient (Wildman–Crippen LogP) is 4.87. The molecule has 0 unspecified atom stereocenters. The van der Waals surface area contributed by atoms with Gasteiger partial charge in [-0.25, -0.2) is 0 Å². The monoisotopic (exact) mass is 180 g/mol. The van der Waals surface area contributed by atoms with E-state index in [0.717, 1.165) is 0 Å².